The summed E-state index contributed by atoms with van der Waals surface area (Å²) in [6, 6.07) is -0.351. The van der Waals surface area contributed by atoms with Crippen LogP contribution < -0.4 is 10.6 Å². The van der Waals surface area contributed by atoms with Crippen LogP contribution in [0.4, 0.5) is 0 Å². The zero-order chi connectivity index (χ0) is 14.6. The molecule has 8 heteroatoms. The van der Waals surface area contributed by atoms with E-state index in [1.54, 1.807) is 4.90 Å². The van der Waals surface area contributed by atoms with Crippen molar-refractivity contribution in [1.29, 1.82) is 0 Å². The van der Waals surface area contributed by atoms with Gasteiger partial charge in [0.1, 0.15) is 0 Å². The smallest absolute Gasteiger partial charge is 0.241 e. The number of carbonyl (C=O) groups excluding carboxylic acids is 2. The monoisotopic (exact) mass is 303 g/mol. The van der Waals surface area contributed by atoms with Gasteiger partial charge in [0.15, 0.2) is 9.84 Å². The van der Waals surface area contributed by atoms with E-state index in [0.717, 1.165) is 25.9 Å². The Bertz CT molecular complexity index is 471. The summed E-state index contributed by atoms with van der Waals surface area (Å²) in [5.74, 6) is -0.244. The van der Waals surface area contributed by atoms with Gasteiger partial charge in [-0.15, -0.1) is 0 Å². The van der Waals surface area contributed by atoms with Crippen molar-refractivity contribution in [2.45, 2.75) is 25.3 Å². The maximum Gasteiger partial charge on any atom is 0.241 e. The van der Waals surface area contributed by atoms with E-state index < -0.39 is 9.84 Å². The van der Waals surface area contributed by atoms with Gasteiger partial charge in [0.25, 0.3) is 0 Å². The fourth-order valence-electron chi connectivity index (χ4n) is 2.55. The minimum atomic E-state index is -3.04. The van der Waals surface area contributed by atoms with Crippen LogP contribution in [0, 0.1) is 0 Å². The molecule has 114 valence electrons. The van der Waals surface area contributed by atoms with Gasteiger partial charge in [0.2, 0.25) is 11.8 Å². The van der Waals surface area contributed by atoms with Crippen LogP contribution in [0.2, 0.25) is 0 Å². The molecule has 20 heavy (non-hydrogen) atoms. The Kier molecular flexibility index (Phi) is 4.98. The van der Waals surface area contributed by atoms with Crippen LogP contribution in [0.25, 0.3) is 0 Å². The van der Waals surface area contributed by atoms with Crippen LogP contribution >= 0.6 is 0 Å². The molecular weight excluding hydrogens is 282 g/mol. The van der Waals surface area contributed by atoms with Gasteiger partial charge in [-0.05, 0) is 12.8 Å². The lowest BCUT2D eigenvalue weighted by molar-refractivity contribution is -0.132. The first-order valence-electron chi connectivity index (χ1n) is 6.94. The molecule has 0 saturated carbocycles. The standard InChI is InChI=1S/C12H21N3O4S/c16-11(7-10-9-20(18,19)6-3-13-10)14-8-12(17)15-4-1-2-5-15/h10,13H,1-9H2,(H,14,16). The largest absolute Gasteiger partial charge is 0.347 e. The number of hydrogen-bond acceptors (Lipinski definition) is 5. The Morgan fingerprint density at radius 1 is 1.25 bits per heavy atom. The minimum Gasteiger partial charge on any atom is -0.347 e. The highest BCUT2D eigenvalue weighted by Crippen LogP contribution is 2.07. The lowest BCUT2D eigenvalue weighted by Gasteiger charge is -2.23. The average molecular weight is 303 g/mol. The molecule has 1 atom stereocenters. The maximum atomic E-state index is 11.7. The average Bonchev–Trinajstić information content (AvgIpc) is 2.88. The van der Waals surface area contributed by atoms with Crippen molar-refractivity contribution in [3.05, 3.63) is 0 Å². The van der Waals surface area contributed by atoms with E-state index in [4.69, 9.17) is 0 Å². The van der Waals surface area contributed by atoms with Crippen molar-refractivity contribution in [1.82, 2.24) is 15.5 Å². The summed E-state index contributed by atoms with van der Waals surface area (Å²) in [4.78, 5) is 25.2. The van der Waals surface area contributed by atoms with E-state index in [1.165, 1.54) is 0 Å². The van der Waals surface area contributed by atoms with Gasteiger partial charge in [-0.25, -0.2) is 8.42 Å². The van der Waals surface area contributed by atoms with Crippen molar-refractivity contribution in [3.8, 4) is 0 Å². The van der Waals surface area contributed by atoms with Crippen molar-refractivity contribution in [2.24, 2.45) is 0 Å². The van der Waals surface area contributed by atoms with Crippen molar-refractivity contribution >= 4 is 21.7 Å². The van der Waals surface area contributed by atoms with Crippen LogP contribution in [0.5, 0.6) is 0 Å². The first-order valence-corrected chi connectivity index (χ1v) is 8.77. The molecule has 7 nitrogen and oxygen atoms in total. The molecule has 0 aromatic rings. The zero-order valence-corrected chi connectivity index (χ0v) is 12.2. The fourth-order valence-corrected chi connectivity index (χ4v) is 3.99. The Morgan fingerprint density at radius 3 is 2.60 bits per heavy atom. The summed E-state index contributed by atoms with van der Waals surface area (Å²) in [5.41, 5.74) is 0. The van der Waals surface area contributed by atoms with E-state index in [9.17, 15) is 18.0 Å². The van der Waals surface area contributed by atoms with E-state index in [0.29, 0.717) is 6.54 Å². The summed E-state index contributed by atoms with van der Waals surface area (Å²) in [6.07, 6.45) is 2.12. The Balaban J connectivity index is 1.71. The molecule has 2 fully saturated rings. The number of hydrogen-bond donors (Lipinski definition) is 2. The third kappa shape index (κ3) is 4.45. The lowest BCUT2D eigenvalue weighted by atomic mass is 10.2. The number of amides is 2. The van der Waals surface area contributed by atoms with E-state index >= 15 is 0 Å². The fraction of sp³-hybridized carbons (Fsp3) is 0.833. The van der Waals surface area contributed by atoms with E-state index in [-0.39, 0.29) is 42.3 Å². The molecule has 2 heterocycles. The highest BCUT2D eigenvalue weighted by Gasteiger charge is 2.26. The second kappa shape index (κ2) is 6.53. The molecule has 0 radical (unpaired) electrons. The third-order valence-electron chi connectivity index (χ3n) is 3.63. The third-order valence-corrected chi connectivity index (χ3v) is 5.36. The number of likely N-dealkylation sites (tertiary alicyclic amines) is 1. The molecule has 2 saturated heterocycles. The molecule has 2 aliphatic rings. The quantitative estimate of drug-likeness (QED) is 0.659. The van der Waals surface area contributed by atoms with Crippen LogP contribution in [0.1, 0.15) is 19.3 Å². The number of carbonyl (C=O) groups is 2. The highest BCUT2D eigenvalue weighted by atomic mass is 32.2. The molecule has 0 spiro atoms. The summed E-state index contributed by atoms with van der Waals surface area (Å²) in [5, 5.41) is 5.58. The van der Waals surface area contributed by atoms with Gasteiger partial charge in [-0.2, -0.15) is 0 Å². The predicted molar refractivity (Wildman–Crippen MR) is 73.9 cm³/mol. The normalized spacial score (nSPS) is 25.4. The topological polar surface area (TPSA) is 95.6 Å². The van der Waals surface area contributed by atoms with Crippen LogP contribution in [-0.4, -0.2) is 68.9 Å². The number of nitrogens with one attached hydrogen (secondary N) is 2. The molecule has 0 aliphatic carbocycles. The van der Waals surface area contributed by atoms with Gasteiger partial charge in [-0.3, -0.25) is 9.59 Å². The molecule has 1 unspecified atom stereocenters. The van der Waals surface area contributed by atoms with Crippen LogP contribution in [0.15, 0.2) is 0 Å². The summed E-state index contributed by atoms with van der Waals surface area (Å²) < 4.78 is 22.9. The molecule has 2 amide bonds. The van der Waals surface area contributed by atoms with Gasteiger partial charge in [-0.1, -0.05) is 0 Å². The second-order valence-electron chi connectivity index (χ2n) is 5.33. The zero-order valence-electron chi connectivity index (χ0n) is 11.4. The maximum absolute atomic E-state index is 11.7. The van der Waals surface area contributed by atoms with Gasteiger partial charge >= 0.3 is 0 Å². The summed E-state index contributed by atoms with van der Waals surface area (Å²) in [6.45, 7) is 1.90. The van der Waals surface area contributed by atoms with Gasteiger partial charge < -0.3 is 15.5 Å². The Hall–Kier alpha value is -1.15. The summed E-state index contributed by atoms with van der Waals surface area (Å²) in [7, 11) is -3.04. The molecule has 0 aromatic heterocycles. The number of sulfone groups is 1. The second-order valence-corrected chi connectivity index (χ2v) is 7.56. The molecule has 0 aromatic carbocycles. The highest BCUT2D eigenvalue weighted by molar-refractivity contribution is 7.91. The molecule has 2 N–H and O–H groups in total. The first kappa shape index (κ1) is 15.2. The lowest BCUT2D eigenvalue weighted by Crippen LogP contribution is -2.48. The predicted octanol–water partition coefficient (Wildman–Crippen LogP) is -1.50. The molecular formula is C12H21N3O4S. The Morgan fingerprint density at radius 2 is 1.95 bits per heavy atom. The van der Waals surface area contributed by atoms with Crippen molar-refractivity contribution < 1.29 is 18.0 Å². The summed E-state index contributed by atoms with van der Waals surface area (Å²) >= 11 is 0. The molecule has 0 bridgehead atoms. The SMILES string of the molecule is O=C(CC1CS(=O)(=O)CCN1)NCC(=O)N1CCCC1. The van der Waals surface area contributed by atoms with E-state index in [1.807, 2.05) is 0 Å². The minimum absolute atomic E-state index is 0.00168. The van der Waals surface area contributed by atoms with E-state index in [2.05, 4.69) is 10.6 Å². The number of rotatable bonds is 4. The van der Waals surface area contributed by atoms with Crippen LogP contribution in [-0.2, 0) is 19.4 Å². The Labute approximate surface area is 119 Å². The molecule has 2 aliphatic heterocycles. The first-order chi connectivity index (χ1) is 9.46. The number of nitrogens with zero attached hydrogens (tertiary/aromatic N) is 1. The molecule has 2 rings (SSSR count). The van der Waals surface area contributed by atoms with Gasteiger partial charge in [0, 0.05) is 32.1 Å². The van der Waals surface area contributed by atoms with Crippen molar-refractivity contribution in [2.75, 3.05) is 37.7 Å². The van der Waals surface area contributed by atoms with Crippen LogP contribution in [0.3, 0.4) is 0 Å². The van der Waals surface area contributed by atoms with Gasteiger partial charge in [0.05, 0.1) is 18.1 Å². The van der Waals surface area contributed by atoms with Crippen molar-refractivity contribution in [3.63, 3.8) is 0 Å².